The van der Waals surface area contributed by atoms with Crippen molar-refractivity contribution in [3.05, 3.63) is 0 Å². The van der Waals surface area contributed by atoms with Gasteiger partial charge in [0.15, 0.2) is 0 Å². The van der Waals surface area contributed by atoms with Gasteiger partial charge in [0.2, 0.25) is 0 Å². The van der Waals surface area contributed by atoms with Crippen LogP contribution in [0.3, 0.4) is 0 Å². The van der Waals surface area contributed by atoms with Gasteiger partial charge in [0, 0.05) is 6.54 Å². The molecule has 6 heteroatoms. The number of rotatable bonds is 8. The molecule has 0 aliphatic heterocycles. The van der Waals surface area contributed by atoms with Gasteiger partial charge in [0.25, 0.3) is 0 Å². The van der Waals surface area contributed by atoms with E-state index in [0.717, 1.165) is 18.6 Å². The van der Waals surface area contributed by atoms with Crippen molar-refractivity contribution in [3.8, 4) is 0 Å². The molecule has 0 fully saturated rings. The lowest BCUT2D eigenvalue weighted by Crippen LogP contribution is -2.45. The van der Waals surface area contributed by atoms with Gasteiger partial charge in [-0.1, -0.05) is 6.92 Å². The van der Waals surface area contributed by atoms with Crippen LogP contribution in [0, 0.1) is 0 Å². The molecule has 1 atom stereocenters. The summed E-state index contributed by atoms with van der Waals surface area (Å²) in [5, 5.41) is 13.8. The molecule has 0 heterocycles. The van der Waals surface area contributed by atoms with Gasteiger partial charge >= 0.3 is 12.0 Å². The highest BCUT2D eigenvalue weighted by Crippen LogP contribution is 1.97. The molecule has 0 aromatic heterocycles. The van der Waals surface area contributed by atoms with Gasteiger partial charge in [0.05, 0.1) is 0 Å². The minimum Gasteiger partial charge on any atom is -0.480 e. The number of hydrogen-bond donors (Lipinski definition) is 3. The van der Waals surface area contributed by atoms with E-state index in [1.807, 2.05) is 6.26 Å². The van der Waals surface area contributed by atoms with Crippen molar-refractivity contribution in [2.75, 3.05) is 18.6 Å². The Balaban J connectivity index is 3.61. The molecule has 3 N–H and O–H groups in total. The zero-order valence-corrected chi connectivity index (χ0v) is 10.6. The van der Waals surface area contributed by atoms with Gasteiger partial charge in [0.1, 0.15) is 6.04 Å². The molecule has 0 aromatic carbocycles. The normalized spacial score (nSPS) is 11.9. The summed E-state index contributed by atoms with van der Waals surface area (Å²) in [7, 11) is 0. The summed E-state index contributed by atoms with van der Waals surface area (Å²) in [6.07, 6.45) is 4.39. The number of amides is 2. The van der Waals surface area contributed by atoms with E-state index < -0.39 is 18.0 Å². The van der Waals surface area contributed by atoms with E-state index >= 15 is 0 Å². The first-order valence-electron chi connectivity index (χ1n) is 5.38. The third kappa shape index (κ3) is 7.39. The van der Waals surface area contributed by atoms with Crippen molar-refractivity contribution in [2.45, 2.75) is 32.2 Å². The van der Waals surface area contributed by atoms with Crippen molar-refractivity contribution < 1.29 is 14.7 Å². The first kappa shape index (κ1) is 15.1. The average Bonchev–Trinajstić information content (AvgIpc) is 2.25. The van der Waals surface area contributed by atoms with Crippen LogP contribution < -0.4 is 10.6 Å². The van der Waals surface area contributed by atoms with E-state index in [9.17, 15) is 9.59 Å². The highest BCUT2D eigenvalue weighted by Gasteiger charge is 2.16. The molecule has 0 spiro atoms. The Labute approximate surface area is 100 Å². The largest absolute Gasteiger partial charge is 0.480 e. The number of hydrogen-bond acceptors (Lipinski definition) is 3. The Kier molecular flexibility index (Phi) is 8.80. The van der Waals surface area contributed by atoms with Crippen LogP contribution in [0.15, 0.2) is 0 Å². The van der Waals surface area contributed by atoms with Crippen molar-refractivity contribution >= 4 is 23.8 Å². The fourth-order valence-corrected chi connectivity index (χ4v) is 1.61. The Morgan fingerprint density at radius 1 is 1.38 bits per heavy atom. The van der Waals surface area contributed by atoms with Crippen molar-refractivity contribution in [1.29, 1.82) is 0 Å². The molecule has 0 bridgehead atoms. The summed E-state index contributed by atoms with van der Waals surface area (Å²) in [6, 6.07) is -1.20. The molecular formula is C10H20N2O3S. The second-order valence-electron chi connectivity index (χ2n) is 3.40. The molecule has 16 heavy (non-hydrogen) atoms. The van der Waals surface area contributed by atoms with Gasteiger partial charge in [-0.25, -0.2) is 9.59 Å². The van der Waals surface area contributed by atoms with Crippen LogP contribution >= 0.6 is 11.8 Å². The lowest BCUT2D eigenvalue weighted by molar-refractivity contribution is -0.139. The van der Waals surface area contributed by atoms with Crippen molar-refractivity contribution in [2.24, 2.45) is 0 Å². The van der Waals surface area contributed by atoms with E-state index in [-0.39, 0.29) is 0 Å². The second kappa shape index (κ2) is 9.33. The molecule has 5 nitrogen and oxygen atoms in total. The number of urea groups is 1. The Bertz CT molecular complexity index is 224. The molecule has 0 radical (unpaired) electrons. The lowest BCUT2D eigenvalue weighted by atomic mass is 10.2. The van der Waals surface area contributed by atoms with Gasteiger partial charge in [-0.15, -0.1) is 0 Å². The monoisotopic (exact) mass is 248 g/mol. The summed E-state index contributed by atoms with van der Waals surface area (Å²) >= 11 is 1.77. The predicted octanol–water partition coefficient (Wildman–Crippen LogP) is 1.29. The van der Waals surface area contributed by atoms with Crippen LogP contribution in [0.1, 0.15) is 26.2 Å². The number of carbonyl (C=O) groups excluding carboxylic acids is 1. The molecule has 94 valence electrons. The molecule has 0 rings (SSSR count). The number of unbranched alkanes of at least 4 members (excludes halogenated alkanes) is 1. The Morgan fingerprint density at radius 3 is 2.56 bits per heavy atom. The van der Waals surface area contributed by atoms with Crippen LogP contribution in [0.25, 0.3) is 0 Å². The highest BCUT2D eigenvalue weighted by molar-refractivity contribution is 7.98. The first-order valence-corrected chi connectivity index (χ1v) is 6.77. The minimum absolute atomic E-state index is 0.384. The highest BCUT2D eigenvalue weighted by atomic mass is 32.2. The quantitative estimate of drug-likeness (QED) is 0.566. The SMILES string of the molecule is CC[C@@H](NC(=O)NCCCCSC)C(=O)O. The zero-order chi connectivity index (χ0) is 12.4. The van der Waals surface area contributed by atoms with Gasteiger partial charge in [-0.3, -0.25) is 0 Å². The second-order valence-corrected chi connectivity index (χ2v) is 4.38. The van der Waals surface area contributed by atoms with E-state index in [2.05, 4.69) is 10.6 Å². The Hall–Kier alpha value is -0.910. The van der Waals surface area contributed by atoms with Crippen LogP contribution in [-0.2, 0) is 4.79 Å². The minimum atomic E-state index is -1.000. The standard InChI is InChI=1S/C10H20N2O3S/c1-3-8(9(13)14)12-10(15)11-6-4-5-7-16-2/h8H,3-7H2,1-2H3,(H,13,14)(H2,11,12,15)/t8-/m1/s1. The predicted molar refractivity (Wildman–Crippen MR) is 65.9 cm³/mol. The maximum atomic E-state index is 11.3. The van der Waals surface area contributed by atoms with Gasteiger partial charge in [-0.2, -0.15) is 11.8 Å². The molecule has 0 aliphatic carbocycles. The van der Waals surface area contributed by atoms with E-state index in [4.69, 9.17) is 5.11 Å². The molecule has 2 amide bonds. The molecule has 0 saturated carbocycles. The van der Waals surface area contributed by atoms with E-state index in [0.29, 0.717) is 13.0 Å². The van der Waals surface area contributed by atoms with Crippen LogP contribution in [0.5, 0.6) is 0 Å². The number of nitrogens with one attached hydrogen (secondary N) is 2. The summed E-state index contributed by atoms with van der Waals surface area (Å²) in [5.41, 5.74) is 0. The lowest BCUT2D eigenvalue weighted by Gasteiger charge is -2.12. The van der Waals surface area contributed by atoms with Crippen LogP contribution in [0.4, 0.5) is 4.79 Å². The van der Waals surface area contributed by atoms with Crippen molar-refractivity contribution in [1.82, 2.24) is 10.6 Å². The van der Waals surface area contributed by atoms with Gasteiger partial charge in [-0.05, 0) is 31.3 Å². The summed E-state index contributed by atoms with van der Waals surface area (Å²) in [6.45, 7) is 2.31. The van der Waals surface area contributed by atoms with Crippen LogP contribution in [0.2, 0.25) is 0 Å². The topological polar surface area (TPSA) is 78.4 Å². The summed E-state index contributed by atoms with van der Waals surface area (Å²) < 4.78 is 0. The number of aliphatic carboxylic acids is 1. The number of carboxylic acids is 1. The molecule has 0 aliphatic rings. The maximum Gasteiger partial charge on any atom is 0.326 e. The van der Waals surface area contributed by atoms with Crippen LogP contribution in [-0.4, -0.2) is 41.7 Å². The Morgan fingerprint density at radius 2 is 2.06 bits per heavy atom. The zero-order valence-electron chi connectivity index (χ0n) is 9.78. The summed E-state index contributed by atoms with van der Waals surface area (Å²) in [5.74, 6) is 0.0794. The fourth-order valence-electron chi connectivity index (χ4n) is 1.12. The summed E-state index contributed by atoms with van der Waals surface area (Å²) in [4.78, 5) is 21.9. The molecule has 0 aromatic rings. The molecular weight excluding hydrogens is 228 g/mol. The third-order valence-electron chi connectivity index (χ3n) is 2.07. The first-order chi connectivity index (χ1) is 7.61. The molecule has 0 unspecified atom stereocenters. The smallest absolute Gasteiger partial charge is 0.326 e. The number of carboxylic acid groups (broad SMARTS) is 1. The van der Waals surface area contributed by atoms with Crippen molar-refractivity contribution in [3.63, 3.8) is 0 Å². The van der Waals surface area contributed by atoms with E-state index in [1.165, 1.54) is 0 Å². The fraction of sp³-hybridized carbons (Fsp3) is 0.800. The molecule has 0 saturated heterocycles. The number of thioether (sulfide) groups is 1. The van der Waals surface area contributed by atoms with E-state index in [1.54, 1.807) is 18.7 Å². The average molecular weight is 248 g/mol. The number of carbonyl (C=O) groups is 2. The van der Waals surface area contributed by atoms with Gasteiger partial charge < -0.3 is 15.7 Å². The third-order valence-corrected chi connectivity index (χ3v) is 2.77. The maximum absolute atomic E-state index is 11.3.